The Labute approximate surface area is 116 Å². The van der Waals surface area contributed by atoms with E-state index in [0.717, 1.165) is 19.5 Å². The monoisotopic (exact) mass is 266 g/mol. The molecule has 0 aromatic heterocycles. The minimum Gasteiger partial charge on any atom is -0.326 e. The van der Waals surface area contributed by atoms with Crippen molar-refractivity contribution in [3.8, 4) is 0 Å². The maximum atomic E-state index is 5.94. The Balaban J connectivity index is 2.31. The Morgan fingerprint density at radius 3 is 2.33 bits per heavy atom. The van der Waals surface area contributed by atoms with Gasteiger partial charge in [0, 0.05) is 22.2 Å². The zero-order valence-electron chi connectivity index (χ0n) is 12.0. The number of hydrogen-bond acceptors (Lipinski definition) is 3. The third kappa shape index (κ3) is 7.04. The lowest BCUT2D eigenvalue weighted by Crippen LogP contribution is -2.35. The van der Waals surface area contributed by atoms with Crippen LogP contribution in [-0.2, 0) is 6.54 Å². The Morgan fingerprint density at radius 2 is 1.83 bits per heavy atom. The largest absolute Gasteiger partial charge is 0.326 e. The van der Waals surface area contributed by atoms with Crippen LogP contribution in [0, 0.1) is 0 Å². The van der Waals surface area contributed by atoms with Gasteiger partial charge in [-0.25, -0.2) is 0 Å². The van der Waals surface area contributed by atoms with Crippen LogP contribution >= 0.6 is 11.8 Å². The molecule has 0 amide bonds. The SMILES string of the molecule is CC(C)Sc1ccc(CNCCC(C)(C)N)cc1. The number of hydrogen-bond donors (Lipinski definition) is 2. The molecule has 1 aromatic rings. The Hall–Kier alpha value is -0.510. The highest BCUT2D eigenvalue weighted by molar-refractivity contribution is 7.99. The highest BCUT2D eigenvalue weighted by atomic mass is 32.2. The normalized spacial score (nSPS) is 12.1. The van der Waals surface area contributed by atoms with Gasteiger partial charge in [0.1, 0.15) is 0 Å². The van der Waals surface area contributed by atoms with Crippen LogP contribution < -0.4 is 11.1 Å². The molecule has 0 fully saturated rings. The van der Waals surface area contributed by atoms with Crippen molar-refractivity contribution in [3.63, 3.8) is 0 Å². The van der Waals surface area contributed by atoms with Crippen molar-refractivity contribution in [2.75, 3.05) is 6.54 Å². The van der Waals surface area contributed by atoms with Gasteiger partial charge < -0.3 is 11.1 Å². The molecule has 0 bridgehead atoms. The molecule has 0 spiro atoms. The minimum absolute atomic E-state index is 0.0786. The molecule has 3 N–H and O–H groups in total. The fraction of sp³-hybridized carbons (Fsp3) is 0.600. The number of nitrogens with one attached hydrogen (secondary N) is 1. The van der Waals surface area contributed by atoms with E-state index in [2.05, 4.69) is 57.3 Å². The van der Waals surface area contributed by atoms with Crippen LogP contribution in [0.25, 0.3) is 0 Å². The topological polar surface area (TPSA) is 38.0 Å². The average molecular weight is 266 g/mol. The second-order valence-electron chi connectivity index (χ2n) is 5.73. The van der Waals surface area contributed by atoms with Crippen molar-refractivity contribution in [1.82, 2.24) is 5.32 Å². The predicted octanol–water partition coefficient (Wildman–Crippen LogP) is 3.40. The van der Waals surface area contributed by atoms with Crippen LogP contribution in [0.5, 0.6) is 0 Å². The van der Waals surface area contributed by atoms with Gasteiger partial charge in [-0.05, 0) is 44.5 Å². The summed E-state index contributed by atoms with van der Waals surface area (Å²) < 4.78 is 0. The molecule has 102 valence electrons. The van der Waals surface area contributed by atoms with Crippen LogP contribution in [0.1, 0.15) is 39.7 Å². The molecule has 2 nitrogen and oxygen atoms in total. The Kier molecular flexibility index (Phi) is 6.19. The van der Waals surface area contributed by atoms with Gasteiger partial charge in [0.05, 0.1) is 0 Å². The number of nitrogens with two attached hydrogens (primary N) is 1. The molecule has 0 atom stereocenters. The average Bonchev–Trinajstić information content (AvgIpc) is 2.24. The van der Waals surface area contributed by atoms with E-state index in [9.17, 15) is 0 Å². The van der Waals surface area contributed by atoms with Crippen molar-refractivity contribution in [2.24, 2.45) is 5.73 Å². The van der Waals surface area contributed by atoms with Gasteiger partial charge in [0.15, 0.2) is 0 Å². The lowest BCUT2D eigenvalue weighted by Gasteiger charge is -2.18. The van der Waals surface area contributed by atoms with E-state index in [1.165, 1.54) is 10.5 Å². The first-order valence-electron chi connectivity index (χ1n) is 6.62. The summed E-state index contributed by atoms with van der Waals surface area (Å²) in [6, 6.07) is 8.81. The van der Waals surface area contributed by atoms with E-state index >= 15 is 0 Å². The fourth-order valence-corrected chi connectivity index (χ4v) is 2.44. The van der Waals surface area contributed by atoms with E-state index in [1.54, 1.807) is 0 Å². The summed E-state index contributed by atoms with van der Waals surface area (Å²) in [6.45, 7) is 10.4. The second kappa shape index (κ2) is 7.17. The summed E-state index contributed by atoms with van der Waals surface area (Å²) in [5.41, 5.74) is 7.19. The Morgan fingerprint density at radius 1 is 1.22 bits per heavy atom. The van der Waals surface area contributed by atoms with E-state index in [-0.39, 0.29) is 5.54 Å². The molecule has 0 heterocycles. The van der Waals surface area contributed by atoms with Gasteiger partial charge in [-0.1, -0.05) is 26.0 Å². The van der Waals surface area contributed by atoms with Crippen molar-refractivity contribution in [3.05, 3.63) is 29.8 Å². The molecule has 1 aromatic carbocycles. The molecule has 0 aliphatic rings. The molecule has 1 rings (SSSR count). The van der Waals surface area contributed by atoms with Gasteiger partial charge in [-0.15, -0.1) is 11.8 Å². The Bertz CT molecular complexity index is 339. The van der Waals surface area contributed by atoms with Crippen molar-refractivity contribution in [2.45, 2.75) is 56.3 Å². The molecule has 0 saturated carbocycles. The van der Waals surface area contributed by atoms with Gasteiger partial charge in [0.25, 0.3) is 0 Å². The van der Waals surface area contributed by atoms with Crippen LogP contribution in [0.2, 0.25) is 0 Å². The predicted molar refractivity (Wildman–Crippen MR) is 82.0 cm³/mol. The van der Waals surface area contributed by atoms with Gasteiger partial charge in [0.2, 0.25) is 0 Å². The van der Waals surface area contributed by atoms with E-state index < -0.39 is 0 Å². The molecular weight excluding hydrogens is 240 g/mol. The zero-order valence-corrected chi connectivity index (χ0v) is 12.8. The van der Waals surface area contributed by atoms with E-state index in [4.69, 9.17) is 5.73 Å². The van der Waals surface area contributed by atoms with Crippen LogP contribution in [0.3, 0.4) is 0 Å². The fourth-order valence-electron chi connectivity index (χ4n) is 1.60. The summed E-state index contributed by atoms with van der Waals surface area (Å²) in [4.78, 5) is 1.34. The second-order valence-corrected chi connectivity index (χ2v) is 7.38. The first kappa shape index (κ1) is 15.5. The summed E-state index contributed by atoms with van der Waals surface area (Å²) in [5.74, 6) is 0. The smallest absolute Gasteiger partial charge is 0.0205 e. The summed E-state index contributed by atoms with van der Waals surface area (Å²) in [5, 5.41) is 4.07. The van der Waals surface area contributed by atoms with Crippen molar-refractivity contribution >= 4 is 11.8 Å². The molecule has 0 aliphatic carbocycles. The van der Waals surface area contributed by atoms with Gasteiger partial charge in [-0.2, -0.15) is 0 Å². The first-order chi connectivity index (χ1) is 8.37. The summed E-state index contributed by atoms with van der Waals surface area (Å²) >= 11 is 1.90. The molecule has 0 aliphatic heterocycles. The highest BCUT2D eigenvalue weighted by Gasteiger charge is 2.08. The van der Waals surface area contributed by atoms with Crippen molar-refractivity contribution in [1.29, 1.82) is 0 Å². The third-order valence-corrected chi connectivity index (χ3v) is 3.59. The lowest BCUT2D eigenvalue weighted by atomic mass is 10.0. The first-order valence-corrected chi connectivity index (χ1v) is 7.50. The highest BCUT2D eigenvalue weighted by Crippen LogP contribution is 2.22. The maximum absolute atomic E-state index is 5.94. The van der Waals surface area contributed by atoms with Crippen molar-refractivity contribution < 1.29 is 0 Å². The molecule has 3 heteroatoms. The van der Waals surface area contributed by atoms with Crippen LogP contribution in [0.4, 0.5) is 0 Å². The molecule has 18 heavy (non-hydrogen) atoms. The molecule has 0 radical (unpaired) electrons. The molecule has 0 unspecified atom stereocenters. The molecular formula is C15H26N2S. The standard InChI is InChI=1S/C15H26N2S/c1-12(2)18-14-7-5-13(6-8-14)11-17-10-9-15(3,4)16/h5-8,12,17H,9-11,16H2,1-4H3. The number of rotatable bonds is 7. The van der Waals surface area contributed by atoms with Gasteiger partial charge in [-0.3, -0.25) is 0 Å². The third-order valence-electron chi connectivity index (χ3n) is 2.57. The number of benzene rings is 1. The maximum Gasteiger partial charge on any atom is 0.0205 e. The van der Waals surface area contributed by atoms with E-state index in [0.29, 0.717) is 5.25 Å². The van der Waals surface area contributed by atoms with Crippen LogP contribution in [0.15, 0.2) is 29.2 Å². The van der Waals surface area contributed by atoms with Gasteiger partial charge >= 0.3 is 0 Å². The summed E-state index contributed by atoms with van der Waals surface area (Å²) in [7, 11) is 0. The summed E-state index contributed by atoms with van der Waals surface area (Å²) in [6.07, 6.45) is 0.994. The zero-order chi connectivity index (χ0) is 13.6. The minimum atomic E-state index is -0.0786. The number of thioether (sulfide) groups is 1. The quantitative estimate of drug-likeness (QED) is 0.587. The van der Waals surface area contributed by atoms with E-state index in [1.807, 2.05) is 11.8 Å². The lowest BCUT2D eigenvalue weighted by molar-refractivity contribution is 0.455. The molecule has 0 saturated heterocycles. The van der Waals surface area contributed by atoms with Crippen LogP contribution in [-0.4, -0.2) is 17.3 Å².